The second-order valence-electron chi connectivity index (χ2n) is 10.3. The number of aromatic nitrogens is 2. The maximum Gasteiger partial charge on any atom is 0.258 e. The average molecular weight is 584 g/mol. The van der Waals surface area contributed by atoms with E-state index in [1.807, 2.05) is 47.4 Å². The van der Waals surface area contributed by atoms with Gasteiger partial charge in [0.2, 0.25) is 0 Å². The summed E-state index contributed by atoms with van der Waals surface area (Å²) in [4.78, 5) is 28.0. The molecule has 0 unspecified atom stereocenters. The van der Waals surface area contributed by atoms with E-state index < -0.39 is 23.9 Å². The molecular weight excluding hydrogens is 553 g/mol. The van der Waals surface area contributed by atoms with Crippen LogP contribution in [0.2, 0.25) is 0 Å². The highest BCUT2D eigenvalue weighted by Gasteiger charge is 2.33. The van der Waals surface area contributed by atoms with Gasteiger partial charge < -0.3 is 29.7 Å². The second-order valence-corrected chi connectivity index (χ2v) is 10.3. The van der Waals surface area contributed by atoms with Crippen molar-refractivity contribution in [3.05, 3.63) is 95.8 Å². The van der Waals surface area contributed by atoms with Crippen molar-refractivity contribution in [2.75, 3.05) is 31.7 Å². The largest absolute Gasteiger partial charge is 0.493 e. The number of methoxy groups -OCH3 is 1. The van der Waals surface area contributed by atoms with Gasteiger partial charge in [0.15, 0.2) is 23.9 Å². The van der Waals surface area contributed by atoms with Crippen molar-refractivity contribution in [3.63, 3.8) is 0 Å². The molecule has 4 bridgehead atoms. The third kappa shape index (κ3) is 6.50. The fourth-order valence-electron chi connectivity index (χ4n) is 5.22. The van der Waals surface area contributed by atoms with Crippen molar-refractivity contribution in [1.29, 1.82) is 0 Å². The standard InChI is InChI=1S/C32H30FN5O5/c1-41-28-9-7-22-15-29(28)42-19-31(39)34-17-20-13-23(33)16-24(14-20)43-27-11-12-38(18-26(27)35-32(22)40)30-10-8-25(36-37-30)21-5-3-2-4-6-21/h2-10,13-16,26-27H,11-12,17-19H2,1H3,(H,34,39)(H,35,40)/t26-,27+/m0/s1. The highest BCUT2D eigenvalue weighted by Crippen LogP contribution is 2.29. The summed E-state index contributed by atoms with van der Waals surface area (Å²) in [6, 6.07) is 22.2. The summed E-state index contributed by atoms with van der Waals surface area (Å²) >= 11 is 0. The predicted molar refractivity (Wildman–Crippen MR) is 157 cm³/mol. The quantitative estimate of drug-likeness (QED) is 0.375. The van der Waals surface area contributed by atoms with Crippen LogP contribution in [0, 0.1) is 5.82 Å². The smallest absolute Gasteiger partial charge is 0.258 e. The Hall–Kier alpha value is -5.19. The first-order chi connectivity index (χ1) is 20.9. The minimum Gasteiger partial charge on any atom is -0.493 e. The van der Waals surface area contributed by atoms with Gasteiger partial charge >= 0.3 is 0 Å². The number of nitrogens with one attached hydrogen (secondary N) is 2. The highest BCUT2D eigenvalue weighted by atomic mass is 19.1. The first kappa shape index (κ1) is 28.0. The number of amides is 2. The fraction of sp³-hybridized carbons (Fsp3) is 0.250. The van der Waals surface area contributed by atoms with Gasteiger partial charge in [0.1, 0.15) is 17.7 Å². The predicted octanol–water partition coefficient (Wildman–Crippen LogP) is 3.76. The zero-order chi connectivity index (χ0) is 29.8. The number of fused-ring (bicyclic) bond motifs is 5. The third-order valence-corrected chi connectivity index (χ3v) is 7.40. The van der Waals surface area contributed by atoms with Gasteiger partial charge in [0.05, 0.1) is 18.8 Å². The lowest BCUT2D eigenvalue weighted by Gasteiger charge is -2.39. The van der Waals surface area contributed by atoms with Crippen molar-refractivity contribution < 1.29 is 28.2 Å². The molecule has 43 heavy (non-hydrogen) atoms. The van der Waals surface area contributed by atoms with Crippen LogP contribution >= 0.6 is 0 Å². The van der Waals surface area contributed by atoms with Gasteiger partial charge in [-0.3, -0.25) is 9.59 Å². The van der Waals surface area contributed by atoms with Crippen molar-refractivity contribution >= 4 is 17.6 Å². The lowest BCUT2D eigenvalue weighted by Crippen LogP contribution is -2.57. The first-order valence-electron chi connectivity index (χ1n) is 13.9. The summed E-state index contributed by atoms with van der Waals surface area (Å²) < 4.78 is 31.9. The number of rotatable bonds is 3. The van der Waals surface area contributed by atoms with Gasteiger partial charge in [0.25, 0.3) is 11.8 Å². The van der Waals surface area contributed by atoms with E-state index in [1.54, 1.807) is 18.2 Å². The van der Waals surface area contributed by atoms with E-state index in [-0.39, 0.29) is 24.8 Å². The van der Waals surface area contributed by atoms with Crippen LogP contribution < -0.4 is 29.7 Å². The molecule has 0 radical (unpaired) electrons. The topological polar surface area (TPSA) is 115 Å². The molecule has 2 atom stereocenters. The molecule has 2 aliphatic rings. The molecular formula is C32H30FN5O5. The zero-order valence-corrected chi connectivity index (χ0v) is 23.5. The Labute approximate surface area is 247 Å². The van der Waals surface area contributed by atoms with E-state index in [4.69, 9.17) is 14.2 Å². The maximum absolute atomic E-state index is 14.6. The molecule has 11 heteroatoms. The van der Waals surface area contributed by atoms with Crippen LogP contribution in [0.1, 0.15) is 22.3 Å². The fourth-order valence-corrected chi connectivity index (χ4v) is 5.22. The SMILES string of the molecule is COc1ccc2cc1OCC(=O)NCc1cc(F)cc(c1)O[C@@H]1CCN(c3ccc(-c4ccccc4)nn3)C[C@@H]1NC2=O. The van der Waals surface area contributed by atoms with Gasteiger partial charge in [-0.05, 0) is 48.0 Å². The summed E-state index contributed by atoms with van der Waals surface area (Å²) in [6.45, 7) is 0.732. The Kier molecular flexibility index (Phi) is 8.03. The van der Waals surface area contributed by atoms with Crippen LogP contribution in [0.4, 0.5) is 10.2 Å². The number of carbonyl (C=O) groups excluding carboxylic acids is 2. The van der Waals surface area contributed by atoms with E-state index in [2.05, 4.69) is 20.8 Å². The maximum atomic E-state index is 14.6. The summed E-state index contributed by atoms with van der Waals surface area (Å²) in [7, 11) is 1.48. The van der Waals surface area contributed by atoms with Crippen molar-refractivity contribution in [1.82, 2.24) is 20.8 Å². The van der Waals surface area contributed by atoms with Gasteiger partial charge in [-0.15, -0.1) is 10.2 Å². The summed E-state index contributed by atoms with van der Waals surface area (Å²) in [5.74, 6) is 0.330. The van der Waals surface area contributed by atoms with E-state index in [1.165, 1.54) is 25.3 Å². The molecule has 1 saturated heterocycles. The lowest BCUT2D eigenvalue weighted by atomic mass is 10.0. The third-order valence-electron chi connectivity index (χ3n) is 7.40. The number of anilines is 1. The van der Waals surface area contributed by atoms with E-state index >= 15 is 0 Å². The average Bonchev–Trinajstić information content (AvgIpc) is 3.03. The Morgan fingerprint density at radius 3 is 2.63 bits per heavy atom. The number of hydrogen-bond donors (Lipinski definition) is 2. The first-order valence-corrected chi connectivity index (χ1v) is 13.9. The molecule has 0 aliphatic carbocycles. The number of piperidine rings is 1. The normalized spacial score (nSPS) is 18.8. The van der Waals surface area contributed by atoms with E-state index in [0.717, 1.165) is 11.3 Å². The number of halogens is 1. The molecule has 3 aromatic carbocycles. The number of ether oxygens (including phenoxy) is 3. The molecule has 3 heterocycles. The van der Waals surface area contributed by atoms with Crippen LogP contribution in [0.15, 0.2) is 78.9 Å². The molecule has 0 saturated carbocycles. The van der Waals surface area contributed by atoms with E-state index in [9.17, 15) is 14.0 Å². The Bertz CT molecular complexity index is 1620. The number of carbonyl (C=O) groups is 2. The number of benzene rings is 3. The Morgan fingerprint density at radius 2 is 1.84 bits per heavy atom. The Morgan fingerprint density at radius 1 is 0.977 bits per heavy atom. The van der Waals surface area contributed by atoms with Crippen LogP contribution in [-0.4, -0.2) is 61.0 Å². The summed E-state index contributed by atoms with van der Waals surface area (Å²) in [5, 5.41) is 14.7. The van der Waals surface area contributed by atoms with Crippen molar-refractivity contribution in [3.8, 4) is 28.5 Å². The van der Waals surface area contributed by atoms with E-state index in [0.29, 0.717) is 48.0 Å². The van der Waals surface area contributed by atoms with Gasteiger partial charge in [-0.2, -0.15) is 0 Å². The monoisotopic (exact) mass is 583 g/mol. The molecule has 220 valence electrons. The number of hydrogen-bond acceptors (Lipinski definition) is 8. The molecule has 2 amide bonds. The minimum atomic E-state index is -0.495. The molecule has 1 fully saturated rings. The molecule has 2 N–H and O–H groups in total. The van der Waals surface area contributed by atoms with Gasteiger partial charge in [-0.1, -0.05) is 30.3 Å². The van der Waals surface area contributed by atoms with Crippen molar-refractivity contribution in [2.45, 2.75) is 25.1 Å². The molecule has 10 nitrogen and oxygen atoms in total. The lowest BCUT2D eigenvalue weighted by molar-refractivity contribution is -0.123. The van der Waals surface area contributed by atoms with Crippen LogP contribution in [0.5, 0.6) is 17.2 Å². The Balaban J connectivity index is 1.29. The van der Waals surface area contributed by atoms with Crippen LogP contribution in [0.3, 0.4) is 0 Å². The summed E-state index contributed by atoms with van der Waals surface area (Å²) in [5.41, 5.74) is 2.58. The minimum absolute atomic E-state index is 0.0870. The molecule has 4 aromatic rings. The molecule has 6 rings (SSSR count). The molecule has 2 aliphatic heterocycles. The van der Waals surface area contributed by atoms with Gasteiger partial charge in [0, 0.05) is 43.2 Å². The highest BCUT2D eigenvalue weighted by molar-refractivity contribution is 5.95. The van der Waals surface area contributed by atoms with Crippen molar-refractivity contribution in [2.24, 2.45) is 0 Å². The summed E-state index contributed by atoms with van der Waals surface area (Å²) in [6.07, 6.45) is 0.0509. The van der Waals surface area contributed by atoms with Gasteiger partial charge in [-0.25, -0.2) is 4.39 Å². The molecule has 1 aromatic heterocycles. The molecule has 0 spiro atoms. The van der Waals surface area contributed by atoms with Crippen LogP contribution in [0.25, 0.3) is 11.3 Å². The zero-order valence-electron chi connectivity index (χ0n) is 23.5. The number of nitrogens with zero attached hydrogens (tertiary/aromatic N) is 3. The second kappa shape index (κ2) is 12.4. The van der Waals surface area contributed by atoms with Crippen LogP contribution in [-0.2, 0) is 11.3 Å².